The van der Waals surface area contributed by atoms with Crippen molar-refractivity contribution in [2.24, 2.45) is 0 Å². The summed E-state index contributed by atoms with van der Waals surface area (Å²) in [4.78, 5) is 0. The van der Waals surface area contributed by atoms with E-state index in [4.69, 9.17) is 9.84 Å². The molecule has 0 aliphatic heterocycles. The van der Waals surface area contributed by atoms with Gasteiger partial charge in [0.15, 0.2) is 0 Å². The minimum absolute atomic E-state index is 0.0231. The van der Waals surface area contributed by atoms with E-state index < -0.39 is 0 Å². The highest BCUT2D eigenvalue weighted by molar-refractivity contribution is 4.60. The molecule has 0 fully saturated rings. The molecule has 2 nitrogen and oxygen atoms in total. The lowest BCUT2D eigenvalue weighted by Gasteiger charge is -2.17. The van der Waals surface area contributed by atoms with Crippen LogP contribution in [0.2, 0.25) is 0 Å². The molecular weight excluding hydrogens is 116 g/mol. The van der Waals surface area contributed by atoms with Gasteiger partial charge in [-0.3, -0.25) is 0 Å². The zero-order chi connectivity index (χ0) is 7.28. The minimum Gasteiger partial charge on any atom is -0.391 e. The molecule has 0 spiro atoms. The number of rotatable bonds is 4. The summed E-state index contributed by atoms with van der Waals surface area (Å²) in [5, 5.41) is 9.02. The fourth-order valence-electron chi connectivity index (χ4n) is 0.812. The molecule has 0 heterocycles. The highest BCUT2D eigenvalue weighted by atomic mass is 16.5. The van der Waals surface area contributed by atoms with Crippen molar-refractivity contribution < 1.29 is 9.84 Å². The van der Waals surface area contributed by atoms with Gasteiger partial charge in [-0.2, -0.15) is 0 Å². The third-order valence-electron chi connectivity index (χ3n) is 1.32. The van der Waals surface area contributed by atoms with Crippen LogP contribution in [0.4, 0.5) is 0 Å². The Morgan fingerprint density at radius 2 is 2.00 bits per heavy atom. The zero-order valence-corrected chi connectivity index (χ0v) is 6.42. The van der Waals surface area contributed by atoms with Gasteiger partial charge in [-0.05, 0) is 20.3 Å². The van der Waals surface area contributed by atoms with Gasteiger partial charge in [0.05, 0.1) is 12.2 Å². The second-order valence-electron chi connectivity index (χ2n) is 2.14. The Hall–Kier alpha value is -0.0800. The van der Waals surface area contributed by atoms with Crippen LogP contribution in [-0.4, -0.2) is 23.9 Å². The Bertz CT molecular complexity index is 61.9. The maximum Gasteiger partial charge on any atom is 0.0828 e. The monoisotopic (exact) mass is 132 g/mol. The third-order valence-corrected chi connectivity index (χ3v) is 1.32. The summed E-state index contributed by atoms with van der Waals surface area (Å²) in [6, 6.07) is 0. The molecular formula is C7H16O2. The van der Waals surface area contributed by atoms with E-state index in [1.54, 1.807) is 6.92 Å². The molecule has 2 unspecified atom stereocenters. The fourth-order valence-corrected chi connectivity index (χ4v) is 0.812. The van der Waals surface area contributed by atoms with E-state index in [1.165, 1.54) is 0 Å². The van der Waals surface area contributed by atoms with E-state index in [2.05, 4.69) is 0 Å². The van der Waals surface area contributed by atoms with Gasteiger partial charge in [0, 0.05) is 6.61 Å². The van der Waals surface area contributed by atoms with Gasteiger partial charge in [-0.25, -0.2) is 0 Å². The Balaban J connectivity index is 3.41. The molecule has 2 atom stereocenters. The minimum atomic E-state index is -0.338. The molecule has 0 aromatic carbocycles. The Labute approximate surface area is 56.8 Å². The van der Waals surface area contributed by atoms with Gasteiger partial charge < -0.3 is 9.84 Å². The van der Waals surface area contributed by atoms with E-state index in [-0.39, 0.29) is 12.2 Å². The molecule has 0 aromatic rings. The molecule has 0 bridgehead atoms. The highest BCUT2D eigenvalue weighted by Crippen LogP contribution is 2.02. The molecule has 0 rings (SSSR count). The van der Waals surface area contributed by atoms with Gasteiger partial charge in [0.1, 0.15) is 0 Å². The SMILES string of the molecule is CCOC(CC)C(C)O. The fraction of sp³-hybridized carbons (Fsp3) is 1.00. The van der Waals surface area contributed by atoms with Crippen molar-refractivity contribution in [3.8, 4) is 0 Å². The van der Waals surface area contributed by atoms with Crippen LogP contribution >= 0.6 is 0 Å². The molecule has 0 aromatic heterocycles. The average Bonchev–Trinajstić information content (AvgIpc) is 1.82. The topological polar surface area (TPSA) is 29.5 Å². The molecule has 56 valence electrons. The van der Waals surface area contributed by atoms with E-state index in [1.807, 2.05) is 13.8 Å². The smallest absolute Gasteiger partial charge is 0.0828 e. The first-order valence-corrected chi connectivity index (χ1v) is 3.52. The summed E-state index contributed by atoms with van der Waals surface area (Å²) in [6.45, 7) is 6.38. The van der Waals surface area contributed by atoms with E-state index in [9.17, 15) is 0 Å². The van der Waals surface area contributed by atoms with Crippen molar-refractivity contribution in [2.75, 3.05) is 6.61 Å². The summed E-state index contributed by atoms with van der Waals surface area (Å²) in [7, 11) is 0. The van der Waals surface area contributed by atoms with Crippen LogP contribution in [0.3, 0.4) is 0 Å². The molecule has 0 radical (unpaired) electrons. The van der Waals surface area contributed by atoms with Crippen molar-refractivity contribution in [1.29, 1.82) is 0 Å². The first-order valence-electron chi connectivity index (χ1n) is 3.52. The molecule has 9 heavy (non-hydrogen) atoms. The predicted molar refractivity (Wildman–Crippen MR) is 37.4 cm³/mol. The Morgan fingerprint density at radius 3 is 2.11 bits per heavy atom. The summed E-state index contributed by atoms with van der Waals surface area (Å²) in [5.74, 6) is 0. The van der Waals surface area contributed by atoms with Crippen LogP contribution in [0, 0.1) is 0 Å². The lowest BCUT2D eigenvalue weighted by Crippen LogP contribution is -2.25. The lowest BCUT2D eigenvalue weighted by atomic mass is 10.2. The second kappa shape index (κ2) is 4.77. The molecule has 0 aliphatic rings. The first-order chi connectivity index (χ1) is 4.22. The molecule has 1 N–H and O–H groups in total. The van der Waals surface area contributed by atoms with Crippen molar-refractivity contribution in [3.05, 3.63) is 0 Å². The van der Waals surface area contributed by atoms with Gasteiger partial charge in [-0.15, -0.1) is 0 Å². The average molecular weight is 132 g/mol. The van der Waals surface area contributed by atoms with Crippen LogP contribution in [0.1, 0.15) is 27.2 Å². The summed E-state index contributed by atoms with van der Waals surface area (Å²) in [6.07, 6.45) is 0.566. The zero-order valence-electron chi connectivity index (χ0n) is 6.42. The normalized spacial score (nSPS) is 17.3. The number of hydrogen-bond acceptors (Lipinski definition) is 2. The maximum atomic E-state index is 9.02. The van der Waals surface area contributed by atoms with E-state index >= 15 is 0 Å². The van der Waals surface area contributed by atoms with Gasteiger partial charge >= 0.3 is 0 Å². The molecule has 0 aliphatic carbocycles. The largest absolute Gasteiger partial charge is 0.391 e. The van der Waals surface area contributed by atoms with Gasteiger partial charge in [0.2, 0.25) is 0 Å². The van der Waals surface area contributed by atoms with Gasteiger partial charge in [0.25, 0.3) is 0 Å². The summed E-state index contributed by atoms with van der Waals surface area (Å²) < 4.78 is 5.20. The number of hydrogen-bond donors (Lipinski definition) is 1. The van der Waals surface area contributed by atoms with Crippen molar-refractivity contribution in [2.45, 2.75) is 39.4 Å². The van der Waals surface area contributed by atoms with E-state index in [0.29, 0.717) is 6.61 Å². The van der Waals surface area contributed by atoms with Crippen LogP contribution in [0.25, 0.3) is 0 Å². The quantitative estimate of drug-likeness (QED) is 0.622. The molecule has 0 saturated heterocycles. The lowest BCUT2D eigenvalue weighted by molar-refractivity contribution is -0.0255. The third kappa shape index (κ3) is 3.49. The Morgan fingerprint density at radius 1 is 1.44 bits per heavy atom. The van der Waals surface area contributed by atoms with Crippen molar-refractivity contribution in [3.63, 3.8) is 0 Å². The number of ether oxygens (including phenoxy) is 1. The standard InChI is InChI=1S/C7H16O2/c1-4-7(6(3)8)9-5-2/h6-8H,4-5H2,1-3H3. The number of aliphatic hydroxyl groups excluding tert-OH is 1. The van der Waals surface area contributed by atoms with Crippen LogP contribution < -0.4 is 0 Å². The van der Waals surface area contributed by atoms with E-state index in [0.717, 1.165) is 6.42 Å². The molecule has 2 heteroatoms. The maximum absolute atomic E-state index is 9.02. The van der Waals surface area contributed by atoms with Crippen LogP contribution in [-0.2, 0) is 4.74 Å². The summed E-state index contributed by atoms with van der Waals surface area (Å²) in [5.41, 5.74) is 0. The first kappa shape index (κ1) is 8.92. The van der Waals surface area contributed by atoms with Crippen molar-refractivity contribution in [1.82, 2.24) is 0 Å². The highest BCUT2D eigenvalue weighted by Gasteiger charge is 2.10. The Kier molecular flexibility index (Phi) is 4.72. The second-order valence-corrected chi connectivity index (χ2v) is 2.14. The van der Waals surface area contributed by atoms with Gasteiger partial charge in [-0.1, -0.05) is 6.92 Å². The van der Waals surface area contributed by atoms with Crippen LogP contribution in [0.5, 0.6) is 0 Å². The predicted octanol–water partition coefficient (Wildman–Crippen LogP) is 1.18. The van der Waals surface area contributed by atoms with Crippen molar-refractivity contribution >= 4 is 0 Å². The molecule has 0 saturated carbocycles. The van der Waals surface area contributed by atoms with Crippen LogP contribution in [0.15, 0.2) is 0 Å². The molecule has 0 amide bonds. The summed E-state index contributed by atoms with van der Waals surface area (Å²) >= 11 is 0. The number of aliphatic hydroxyl groups is 1.